The summed E-state index contributed by atoms with van der Waals surface area (Å²) in [5, 5.41) is 0. The number of fused-ring (bicyclic) bond motifs is 1. The predicted octanol–water partition coefficient (Wildman–Crippen LogP) is 1.76. The predicted molar refractivity (Wildman–Crippen MR) is 85.8 cm³/mol. The second kappa shape index (κ2) is 6.25. The Bertz CT molecular complexity index is 834. The van der Waals surface area contributed by atoms with Crippen LogP contribution in [0.15, 0.2) is 29.3 Å². The van der Waals surface area contributed by atoms with Crippen molar-refractivity contribution in [1.82, 2.24) is 14.7 Å². The van der Waals surface area contributed by atoms with E-state index in [2.05, 4.69) is 14.7 Å². The molecule has 0 unspecified atom stereocenters. The van der Waals surface area contributed by atoms with E-state index in [0.717, 1.165) is 25.0 Å². The van der Waals surface area contributed by atoms with Crippen LogP contribution < -0.4 is 9.46 Å². The van der Waals surface area contributed by atoms with Crippen molar-refractivity contribution in [3.8, 4) is 5.75 Å². The van der Waals surface area contributed by atoms with Crippen LogP contribution in [0.2, 0.25) is 0 Å². The largest absolute Gasteiger partial charge is 0.497 e. The Balaban J connectivity index is 1.76. The lowest BCUT2D eigenvalue weighted by atomic mass is 10.2. The number of ether oxygens (including phenoxy) is 1. The second-order valence-electron chi connectivity index (χ2n) is 5.57. The molecule has 1 N–H and O–H groups in total. The van der Waals surface area contributed by atoms with Crippen LogP contribution in [-0.4, -0.2) is 25.5 Å². The number of aryl methyl sites for hydroxylation is 3. The molecule has 0 saturated heterocycles. The van der Waals surface area contributed by atoms with Crippen molar-refractivity contribution in [3.63, 3.8) is 0 Å². The van der Waals surface area contributed by atoms with Crippen LogP contribution in [-0.2, 0) is 29.4 Å². The first-order valence-electron chi connectivity index (χ1n) is 7.47. The number of methoxy groups -OCH3 is 1. The number of aromatic nitrogens is 2. The van der Waals surface area contributed by atoms with E-state index >= 15 is 0 Å². The number of hydrogen-bond donors (Lipinski definition) is 1. The van der Waals surface area contributed by atoms with Crippen molar-refractivity contribution in [3.05, 3.63) is 47.0 Å². The molecule has 3 rings (SSSR count). The van der Waals surface area contributed by atoms with Crippen LogP contribution in [0.1, 0.15) is 29.1 Å². The molecular formula is C16H19N3O3S. The fourth-order valence-corrected chi connectivity index (χ4v) is 3.93. The van der Waals surface area contributed by atoms with Gasteiger partial charge in [0.25, 0.3) is 0 Å². The van der Waals surface area contributed by atoms with Gasteiger partial charge in [0.05, 0.1) is 18.6 Å². The van der Waals surface area contributed by atoms with Crippen molar-refractivity contribution in [1.29, 1.82) is 0 Å². The first-order valence-corrected chi connectivity index (χ1v) is 8.96. The molecule has 1 aliphatic carbocycles. The molecule has 0 bridgehead atoms. The fourth-order valence-electron chi connectivity index (χ4n) is 2.73. The SMILES string of the molecule is COc1ccc(S(=O)(=O)NCc2ncc3c(n2)CCC3)c(C)c1. The lowest BCUT2D eigenvalue weighted by Crippen LogP contribution is -2.25. The molecule has 1 aromatic heterocycles. The van der Waals surface area contributed by atoms with E-state index in [4.69, 9.17) is 4.74 Å². The average molecular weight is 333 g/mol. The van der Waals surface area contributed by atoms with E-state index in [0.29, 0.717) is 17.1 Å². The van der Waals surface area contributed by atoms with Gasteiger partial charge in [-0.15, -0.1) is 0 Å². The third-order valence-corrected chi connectivity index (χ3v) is 5.52. The molecule has 1 aliphatic rings. The smallest absolute Gasteiger partial charge is 0.241 e. The van der Waals surface area contributed by atoms with Crippen LogP contribution >= 0.6 is 0 Å². The molecule has 23 heavy (non-hydrogen) atoms. The second-order valence-corrected chi connectivity index (χ2v) is 7.30. The van der Waals surface area contributed by atoms with Gasteiger partial charge in [-0.2, -0.15) is 0 Å². The highest BCUT2D eigenvalue weighted by Gasteiger charge is 2.19. The summed E-state index contributed by atoms with van der Waals surface area (Å²) >= 11 is 0. The number of nitrogens with zero attached hydrogens (tertiary/aromatic N) is 2. The molecule has 0 amide bonds. The third-order valence-electron chi connectivity index (χ3n) is 3.96. The van der Waals surface area contributed by atoms with Crippen LogP contribution in [0, 0.1) is 6.92 Å². The highest BCUT2D eigenvalue weighted by atomic mass is 32.2. The zero-order valence-corrected chi connectivity index (χ0v) is 14.0. The summed E-state index contributed by atoms with van der Waals surface area (Å²) in [6, 6.07) is 4.87. The van der Waals surface area contributed by atoms with Gasteiger partial charge in [0.15, 0.2) is 0 Å². The maximum atomic E-state index is 12.5. The minimum absolute atomic E-state index is 0.0844. The molecule has 0 spiro atoms. The Morgan fingerprint density at radius 3 is 2.87 bits per heavy atom. The summed E-state index contributed by atoms with van der Waals surface area (Å²) in [6.45, 7) is 1.82. The highest BCUT2D eigenvalue weighted by molar-refractivity contribution is 7.89. The third kappa shape index (κ3) is 3.35. The molecule has 122 valence electrons. The number of benzene rings is 1. The first kappa shape index (κ1) is 15.9. The zero-order chi connectivity index (χ0) is 16.4. The van der Waals surface area contributed by atoms with Crippen molar-refractivity contribution in [2.24, 2.45) is 0 Å². The Labute approximate surface area is 136 Å². The standard InChI is InChI=1S/C16H19N3O3S/c1-11-8-13(22-2)6-7-15(11)23(20,21)18-10-16-17-9-12-4-3-5-14(12)19-16/h6-9,18H,3-5,10H2,1-2H3. The van der Waals surface area contributed by atoms with E-state index in [-0.39, 0.29) is 11.4 Å². The molecule has 0 saturated carbocycles. The molecule has 0 aliphatic heterocycles. The lowest BCUT2D eigenvalue weighted by molar-refractivity contribution is 0.414. The topological polar surface area (TPSA) is 81.2 Å². The minimum Gasteiger partial charge on any atom is -0.497 e. The van der Waals surface area contributed by atoms with Gasteiger partial charge in [0.2, 0.25) is 10.0 Å². The summed E-state index contributed by atoms with van der Waals surface area (Å²) in [7, 11) is -2.07. The summed E-state index contributed by atoms with van der Waals surface area (Å²) in [6.07, 6.45) is 4.84. The molecule has 1 heterocycles. The van der Waals surface area contributed by atoms with E-state index in [1.165, 1.54) is 5.56 Å². The molecule has 1 aromatic carbocycles. The van der Waals surface area contributed by atoms with Crippen molar-refractivity contribution >= 4 is 10.0 Å². The Morgan fingerprint density at radius 1 is 1.30 bits per heavy atom. The minimum atomic E-state index is -3.61. The van der Waals surface area contributed by atoms with Gasteiger partial charge in [-0.3, -0.25) is 0 Å². The molecule has 0 atom stereocenters. The van der Waals surface area contributed by atoms with E-state index in [9.17, 15) is 8.42 Å². The normalized spacial score (nSPS) is 13.8. The van der Waals surface area contributed by atoms with Gasteiger partial charge in [0.1, 0.15) is 11.6 Å². The Morgan fingerprint density at radius 2 is 2.13 bits per heavy atom. The van der Waals surface area contributed by atoms with Crippen molar-refractivity contribution in [2.75, 3.05) is 7.11 Å². The van der Waals surface area contributed by atoms with Crippen LogP contribution in [0.4, 0.5) is 0 Å². The maximum Gasteiger partial charge on any atom is 0.241 e. The lowest BCUT2D eigenvalue weighted by Gasteiger charge is -2.10. The molecule has 0 fully saturated rings. The molecule has 0 radical (unpaired) electrons. The molecule has 2 aromatic rings. The zero-order valence-electron chi connectivity index (χ0n) is 13.2. The molecular weight excluding hydrogens is 314 g/mol. The summed E-state index contributed by atoms with van der Waals surface area (Å²) < 4.78 is 32.6. The van der Waals surface area contributed by atoms with Gasteiger partial charge in [-0.25, -0.2) is 23.1 Å². The van der Waals surface area contributed by atoms with Gasteiger partial charge in [-0.1, -0.05) is 0 Å². The van der Waals surface area contributed by atoms with Crippen LogP contribution in [0.25, 0.3) is 0 Å². The van der Waals surface area contributed by atoms with Gasteiger partial charge in [0, 0.05) is 11.9 Å². The fraction of sp³-hybridized carbons (Fsp3) is 0.375. The van der Waals surface area contributed by atoms with Crippen LogP contribution in [0.3, 0.4) is 0 Å². The number of rotatable bonds is 5. The maximum absolute atomic E-state index is 12.5. The van der Waals surface area contributed by atoms with Gasteiger partial charge in [-0.05, 0) is 55.5 Å². The monoisotopic (exact) mass is 333 g/mol. The van der Waals surface area contributed by atoms with Gasteiger partial charge >= 0.3 is 0 Å². The Kier molecular flexibility index (Phi) is 4.32. The summed E-state index contributed by atoms with van der Waals surface area (Å²) in [5.41, 5.74) is 2.84. The highest BCUT2D eigenvalue weighted by Crippen LogP contribution is 2.21. The van der Waals surface area contributed by atoms with E-state index < -0.39 is 10.0 Å². The van der Waals surface area contributed by atoms with Crippen molar-refractivity contribution < 1.29 is 13.2 Å². The number of sulfonamides is 1. The average Bonchev–Trinajstić information content (AvgIpc) is 3.00. The number of nitrogens with one attached hydrogen (secondary N) is 1. The number of hydrogen-bond acceptors (Lipinski definition) is 5. The van der Waals surface area contributed by atoms with Crippen LogP contribution in [0.5, 0.6) is 5.75 Å². The molecule has 6 nitrogen and oxygen atoms in total. The van der Waals surface area contributed by atoms with Gasteiger partial charge < -0.3 is 4.74 Å². The van der Waals surface area contributed by atoms with E-state index in [1.807, 2.05) is 0 Å². The Hall–Kier alpha value is -1.99. The summed E-state index contributed by atoms with van der Waals surface area (Å²) in [4.78, 5) is 8.92. The van der Waals surface area contributed by atoms with E-state index in [1.54, 1.807) is 38.4 Å². The first-order chi connectivity index (χ1) is 11.0. The summed E-state index contributed by atoms with van der Waals surface area (Å²) in [5.74, 6) is 1.13. The van der Waals surface area contributed by atoms with Crippen molar-refractivity contribution in [2.45, 2.75) is 37.6 Å². The molecule has 7 heteroatoms. The quantitative estimate of drug-likeness (QED) is 0.902.